The van der Waals surface area contributed by atoms with Gasteiger partial charge in [0.25, 0.3) is 0 Å². The van der Waals surface area contributed by atoms with Gasteiger partial charge in [0.15, 0.2) is 0 Å². The van der Waals surface area contributed by atoms with Crippen LogP contribution in [0.25, 0.3) is 0 Å². The Balaban J connectivity index is 1.77. The van der Waals surface area contributed by atoms with Crippen LogP contribution in [0.15, 0.2) is 6.07 Å². The minimum Gasteiger partial charge on any atom is -0.237 e. The molecule has 1 heterocycles. The quantitative estimate of drug-likeness (QED) is 0.737. The van der Waals surface area contributed by atoms with Crippen molar-refractivity contribution in [3.05, 3.63) is 22.7 Å². The second-order valence-corrected chi connectivity index (χ2v) is 8.18. The molecule has 4 bridgehead atoms. The van der Waals surface area contributed by atoms with Crippen LogP contribution in [0.1, 0.15) is 69.8 Å². The van der Waals surface area contributed by atoms with Gasteiger partial charge in [-0.2, -0.15) is 0 Å². The molecular formula is C17H23ClN2. The van der Waals surface area contributed by atoms with Crippen LogP contribution in [0, 0.1) is 17.8 Å². The number of rotatable bonds is 2. The normalized spacial score (nSPS) is 38.7. The Morgan fingerprint density at radius 1 is 1.05 bits per heavy atom. The van der Waals surface area contributed by atoms with E-state index in [1.165, 1.54) is 38.5 Å². The van der Waals surface area contributed by atoms with Crippen LogP contribution in [0.3, 0.4) is 0 Å². The first-order valence-electron chi connectivity index (χ1n) is 8.09. The molecule has 20 heavy (non-hydrogen) atoms. The van der Waals surface area contributed by atoms with Crippen molar-refractivity contribution in [3.63, 3.8) is 0 Å². The standard InChI is InChI=1S/C17H23ClN2/c1-10(2)14-6-15(18)20-16(19-14)17-7-11-3-12(8-17)5-13(4-11)9-17/h6,10-13H,3-5,7-9H2,1-2H3. The van der Waals surface area contributed by atoms with E-state index in [2.05, 4.69) is 18.8 Å². The highest BCUT2D eigenvalue weighted by molar-refractivity contribution is 6.29. The zero-order valence-electron chi connectivity index (χ0n) is 12.4. The molecule has 0 aliphatic heterocycles. The molecule has 4 aliphatic carbocycles. The average molecular weight is 291 g/mol. The molecule has 5 rings (SSSR count). The first-order chi connectivity index (χ1) is 9.54. The summed E-state index contributed by atoms with van der Waals surface area (Å²) in [5, 5.41) is 0.634. The van der Waals surface area contributed by atoms with Crippen LogP contribution in [-0.4, -0.2) is 9.97 Å². The Hall–Kier alpha value is -0.630. The predicted molar refractivity (Wildman–Crippen MR) is 81.0 cm³/mol. The summed E-state index contributed by atoms with van der Waals surface area (Å²) < 4.78 is 0. The van der Waals surface area contributed by atoms with Crippen molar-refractivity contribution >= 4 is 11.6 Å². The molecule has 0 aromatic carbocycles. The number of aromatic nitrogens is 2. The van der Waals surface area contributed by atoms with E-state index in [1.807, 2.05) is 6.07 Å². The van der Waals surface area contributed by atoms with Crippen LogP contribution in [0.4, 0.5) is 0 Å². The van der Waals surface area contributed by atoms with Gasteiger partial charge in [0.1, 0.15) is 11.0 Å². The molecule has 4 fully saturated rings. The van der Waals surface area contributed by atoms with Crippen molar-refractivity contribution < 1.29 is 0 Å². The second-order valence-electron chi connectivity index (χ2n) is 7.79. The molecule has 0 saturated heterocycles. The maximum atomic E-state index is 6.28. The van der Waals surface area contributed by atoms with Gasteiger partial charge in [-0.15, -0.1) is 0 Å². The molecular weight excluding hydrogens is 268 g/mol. The predicted octanol–water partition coefficient (Wildman–Crippen LogP) is 4.72. The average Bonchev–Trinajstić information content (AvgIpc) is 2.36. The molecule has 2 nitrogen and oxygen atoms in total. The molecule has 0 spiro atoms. The fourth-order valence-corrected chi connectivity index (χ4v) is 5.54. The van der Waals surface area contributed by atoms with E-state index in [0.717, 1.165) is 29.3 Å². The van der Waals surface area contributed by atoms with E-state index in [9.17, 15) is 0 Å². The monoisotopic (exact) mass is 290 g/mol. The van der Waals surface area contributed by atoms with Crippen molar-refractivity contribution in [3.8, 4) is 0 Å². The molecule has 0 radical (unpaired) electrons. The summed E-state index contributed by atoms with van der Waals surface area (Å²) in [7, 11) is 0. The lowest BCUT2D eigenvalue weighted by molar-refractivity contribution is -0.00950. The van der Waals surface area contributed by atoms with Gasteiger partial charge < -0.3 is 0 Å². The topological polar surface area (TPSA) is 25.8 Å². The molecule has 0 atom stereocenters. The van der Waals surface area contributed by atoms with Crippen molar-refractivity contribution in [2.75, 3.05) is 0 Å². The SMILES string of the molecule is CC(C)c1cc(Cl)nc(C23CC4CC(CC(C4)C2)C3)n1. The highest BCUT2D eigenvalue weighted by Crippen LogP contribution is 2.60. The molecule has 4 saturated carbocycles. The van der Waals surface area contributed by atoms with Crippen LogP contribution >= 0.6 is 11.6 Å². The maximum Gasteiger partial charge on any atom is 0.136 e. The molecule has 1 aromatic rings. The lowest BCUT2D eigenvalue weighted by Crippen LogP contribution is -2.49. The zero-order chi connectivity index (χ0) is 13.9. The Labute approximate surface area is 126 Å². The highest BCUT2D eigenvalue weighted by Gasteiger charge is 2.53. The third-order valence-corrected chi connectivity index (χ3v) is 6.01. The van der Waals surface area contributed by atoms with Crippen LogP contribution in [0.5, 0.6) is 0 Å². The molecule has 0 amide bonds. The molecule has 0 unspecified atom stereocenters. The number of halogens is 1. The Bertz CT molecular complexity index is 503. The summed E-state index contributed by atoms with van der Waals surface area (Å²) in [4.78, 5) is 9.59. The summed E-state index contributed by atoms with van der Waals surface area (Å²) >= 11 is 6.28. The van der Waals surface area contributed by atoms with Gasteiger partial charge in [0.05, 0.1) is 0 Å². The van der Waals surface area contributed by atoms with Crippen molar-refractivity contribution in [1.82, 2.24) is 9.97 Å². The third kappa shape index (κ3) is 1.99. The van der Waals surface area contributed by atoms with E-state index in [-0.39, 0.29) is 5.41 Å². The Kier molecular flexibility index (Phi) is 2.89. The number of hydrogen-bond donors (Lipinski definition) is 0. The van der Waals surface area contributed by atoms with Crippen molar-refractivity contribution in [1.29, 1.82) is 0 Å². The summed E-state index contributed by atoms with van der Waals surface area (Å²) in [6, 6.07) is 1.94. The Morgan fingerprint density at radius 2 is 1.60 bits per heavy atom. The lowest BCUT2D eigenvalue weighted by Gasteiger charge is -2.56. The largest absolute Gasteiger partial charge is 0.237 e. The molecule has 108 valence electrons. The van der Waals surface area contributed by atoms with Gasteiger partial charge in [-0.1, -0.05) is 25.4 Å². The summed E-state index contributed by atoms with van der Waals surface area (Å²) in [6.45, 7) is 4.37. The lowest BCUT2D eigenvalue weighted by atomic mass is 9.49. The highest BCUT2D eigenvalue weighted by atomic mass is 35.5. The van der Waals surface area contributed by atoms with Crippen LogP contribution in [0.2, 0.25) is 5.15 Å². The first kappa shape index (κ1) is 13.1. The van der Waals surface area contributed by atoms with Crippen molar-refractivity contribution in [2.45, 2.75) is 63.7 Å². The Morgan fingerprint density at radius 3 is 2.10 bits per heavy atom. The van der Waals surface area contributed by atoms with E-state index in [4.69, 9.17) is 16.6 Å². The third-order valence-electron chi connectivity index (χ3n) is 5.82. The second kappa shape index (κ2) is 4.43. The molecule has 3 heteroatoms. The summed E-state index contributed by atoms with van der Waals surface area (Å²) in [6.07, 6.45) is 8.27. The van der Waals surface area contributed by atoms with Gasteiger partial charge in [-0.3, -0.25) is 0 Å². The minimum absolute atomic E-state index is 0.253. The number of nitrogens with zero attached hydrogens (tertiary/aromatic N) is 2. The fourth-order valence-electron chi connectivity index (χ4n) is 5.35. The van der Waals surface area contributed by atoms with Gasteiger partial charge in [0.2, 0.25) is 0 Å². The molecule has 1 aromatic heterocycles. The van der Waals surface area contributed by atoms with Gasteiger partial charge in [-0.05, 0) is 68.3 Å². The van der Waals surface area contributed by atoms with E-state index in [0.29, 0.717) is 11.1 Å². The fraction of sp³-hybridized carbons (Fsp3) is 0.765. The zero-order valence-corrected chi connectivity index (χ0v) is 13.2. The van der Waals surface area contributed by atoms with E-state index in [1.54, 1.807) is 0 Å². The molecule has 0 N–H and O–H groups in total. The first-order valence-corrected chi connectivity index (χ1v) is 8.47. The number of hydrogen-bond acceptors (Lipinski definition) is 2. The van der Waals surface area contributed by atoms with Gasteiger partial charge in [-0.25, -0.2) is 9.97 Å². The summed E-state index contributed by atoms with van der Waals surface area (Å²) in [5.74, 6) is 4.25. The summed E-state index contributed by atoms with van der Waals surface area (Å²) in [5.41, 5.74) is 1.36. The molecule has 4 aliphatic rings. The minimum atomic E-state index is 0.253. The maximum absolute atomic E-state index is 6.28. The van der Waals surface area contributed by atoms with Crippen LogP contribution in [-0.2, 0) is 5.41 Å². The van der Waals surface area contributed by atoms with E-state index >= 15 is 0 Å². The van der Waals surface area contributed by atoms with Gasteiger partial charge >= 0.3 is 0 Å². The van der Waals surface area contributed by atoms with Crippen LogP contribution < -0.4 is 0 Å². The van der Waals surface area contributed by atoms with Crippen molar-refractivity contribution in [2.24, 2.45) is 17.8 Å². The van der Waals surface area contributed by atoms with E-state index < -0.39 is 0 Å². The smallest absolute Gasteiger partial charge is 0.136 e. The van der Waals surface area contributed by atoms with Gasteiger partial charge in [0, 0.05) is 11.1 Å².